The van der Waals surface area contributed by atoms with Crippen LogP contribution in [0.3, 0.4) is 0 Å². The molecule has 1 amide bonds. The molecule has 0 unspecified atom stereocenters. The van der Waals surface area contributed by atoms with E-state index >= 15 is 0 Å². The lowest BCUT2D eigenvalue weighted by Gasteiger charge is -2.04. The van der Waals surface area contributed by atoms with Crippen LogP contribution in [0, 0.1) is 0 Å². The molecule has 1 aromatic carbocycles. The standard InChI is InChI=1S/C10H9NO4/c1-2-9(13)11-15-10(14)7-5-3-4-6-8(7)12/h2-6,12H,1H2,(H,11,13). The number of rotatable bonds is 2. The molecule has 0 atom stereocenters. The molecular weight excluding hydrogens is 198 g/mol. The number of phenols is 1. The zero-order chi connectivity index (χ0) is 11.3. The average molecular weight is 207 g/mol. The van der Waals surface area contributed by atoms with Crippen molar-refractivity contribution in [3.8, 4) is 5.75 Å². The summed E-state index contributed by atoms with van der Waals surface area (Å²) in [5, 5.41) is 9.27. The SMILES string of the molecule is C=CC(=O)NOC(=O)c1ccccc1O. The smallest absolute Gasteiger partial charge is 0.366 e. The summed E-state index contributed by atoms with van der Waals surface area (Å²) in [7, 11) is 0. The maximum absolute atomic E-state index is 11.3. The lowest BCUT2D eigenvalue weighted by atomic mass is 10.2. The number of hydrogen-bond acceptors (Lipinski definition) is 4. The minimum absolute atomic E-state index is 0.0261. The van der Waals surface area contributed by atoms with Crippen molar-refractivity contribution in [1.29, 1.82) is 0 Å². The molecule has 0 radical (unpaired) electrons. The van der Waals surface area contributed by atoms with E-state index < -0.39 is 11.9 Å². The Morgan fingerprint density at radius 3 is 2.67 bits per heavy atom. The van der Waals surface area contributed by atoms with E-state index in [1.54, 1.807) is 12.1 Å². The van der Waals surface area contributed by atoms with Crippen LogP contribution >= 0.6 is 0 Å². The Balaban J connectivity index is 2.66. The Hall–Kier alpha value is -2.30. The summed E-state index contributed by atoms with van der Waals surface area (Å²) in [4.78, 5) is 26.3. The number of hydroxylamine groups is 1. The molecule has 0 saturated heterocycles. The topological polar surface area (TPSA) is 75.6 Å². The predicted molar refractivity (Wildman–Crippen MR) is 51.9 cm³/mol. The minimum Gasteiger partial charge on any atom is -0.507 e. The van der Waals surface area contributed by atoms with Crippen molar-refractivity contribution in [2.45, 2.75) is 0 Å². The summed E-state index contributed by atoms with van der Waals surface area (Å²) >= 11 is 0. The number of phenolic OH excluding ortho intramolecular Hbond substituents is 1. The molecule has 1 rings (SSSR count). The fourth-order valence-corrected chi connectivity index (χ4v) is 0.840. The Morgan fingerprint density at radius 2 is 2.07 bits per heavy atom. The van der Waals surface area contributed by atoms with Crippen molar-refractivity contribution in [3.05, 3.63) is 42.5 Å². The van der Waals surface area contributed by atoms with Crippen LogP contribution in [0.25, 0.3) is 0 Å². The van der Waals surface area contributed by atoms with E-state index in [0.29, 0.717) is 0 Å². The van der Waals surface area contributed by atoms with Crippen molar-refractivity contribution in [1.82, 2.24) is 5.48 Å². The van der Waals surface area contributed by atoms with Gasteiger partial charge in [-0.2, -0.15) is 5.48 Å². The highest BCUT2D eigenvalue weighted by molar-refractivity contribution is 5.94. The number of nitrogens with one attached hydrogen (secondary N) is 1. The van der Waals surface area contributed by atoms with Gasteiger partial charge >= 0.3 is 5.97 Å². The number of amides is 1. The monoisotopic (exact) mass is 207 g/mol. The number of benzene rings is 1. The summed E-state index contributed by atoms with van der Waals surface area (Å²) in [5.41, 5.74) is 1.81. The van der Waals surface area contributed by atoms with E-state index in [2.05, 4.69) is 11.4 Å². The summed E-state index contributed by atoms with van der Waals surface area (Å²) in [6.07, 6.45) is 0.956. The van der Waals surface area contributed by atoms with Crippen LogP contribution in [0.5, 0.6) is 5.75 Å². The highest BCUT2D eigenvalue weighted by atomic mass is 16.7. The lowest BCUT2D eigenvalue weighted by molar-refractivity contribution is -0.125. The van der Waals surface area contributed by atoms with Crippen molar-refractivity contribution in [3.63, 3.8) is 0 Å². The summed E-state index contributed by atoms with van der Waals surface area (Å²) in [5.74, 6) is -1.70. The third-order valence-electron chi connectivity index (χ3n) is 1.55. The fraction of sp³-hybridized carbons (Fsp3) is 0. The van der Waals surface area contributed by atoms with Gasteiger partial charge in [0, 0.05) is 0 Å². The quantitative estimate of drug-likeness (QED) is 0.554. The Bertz CT molecular complexity index is 400. The number of carbonyl (C=O) groups is 2. The van der Waals surface area contributed by atoms with Gasteiger partial charge in [-0.15, -0.1) is 0 Å². The van der Waals surface area contributed by atoms with Crippen molar-refractivity contribution >= 4 is 11.9 Å². The highest BCUT2D eigenvalue weighted by Crippen LogP contribution is 2.15. The van der Waals surface area contributed by atoms with Crippen LogP contribution in [-0.2, 0) is 9.63 Å². The van der Waals surface area contributed by atoms with Crippen molar-refractivity contribution in [2.24, 2.45) is 0 Å². The molecule has 15 heavy (non-hydrogen) atoms. The normalized spacial score (nSPS) is 9.07. The summed E-state index contributed by atoms with van der Waals surface area (Å²) in [6, 6.07) is 5.84. The average Bonchev–Trinajstić information content (AvgIpc) is 2.26. The summed E-state index contributed by atoms with van der Waals surface area (Å²) in [6.45, 7) is 3.18. The van der Waals surface area contributed by atoms with Gasteiger partial charge in [0.2, 0.25) is 0 Å². The van der Waals surface area contributed by atoms with Crippen molar-refractivity contribution < 1.29 is 19.5 Å². The predicted octanol–water partition coefficient (Wildman–Crippen LogP) is 0.766. The minimum atomic E-state index is -0.844. The molecule has 78 valence electrons. The summed E-state index contributed by atoms with van der Waals surface area (Å²) < 4.78 is 0. The van der Waals surface area contributed by atoms with Gasteiger partial charge in [-0.05, 0) is 18.2 Å². The van der Waals surface area contributed by atoms with Gasteiger partial charge in [-0.25, -0.2) is 4.79 Å². The van der Waals surface area contributed by atoms with E-state index in [1.165, 1.54) is 12.1 Å². The van der Waals surface area contributed by atoms with E-state index in [9.17, 15) is 14.7 Å². The van der Waals surface area contributed by atoms with Gasteiger partial charge < -0.3 is 9.94 Å². The Labute approximate surface area is 85.9 Å². The second-order valence-corrected chi connectivity index (χ2v) is 2.58. The molecule has 0 fully saturated rings. The van der Waals surface area contributed by atoms with E-state index in [-0.39, 0.29) is 11.3 Å². The molecule has 0 aliphatic rings. The number of hydrogen-bond donors (Lipinski definition) is 2. The van der Waals surface area contributed by atoms with E-state index in [0.717, 1.165) is 6.08 Å². The van der Waals surface area contributed by atoms with Gasteiger partial charge in [-0.1, -0.05) is 18.7 Å². The zero-order valence-electron chi connectivity index (χ0n) is 7.77. The molecule has 0 saturated carbocycles. The fourth-order valence-electron chi connectivity index (χ4n) is 0.840. The van der Waals surface area contributed by atoms with E-state index in [4.69, 9.17) is 0 Å². The van der Waals surface area contributed by atoms with Gasteiger partial charge in [0.15, 0.2) is 0 Å². The molecule has 0 aromatic heterocycles. The van der Waals surface area contributed by atoms with Crippen LogP contribution in [0.1, 0.15) is 10.4 Å². The van der Waals surface area contributed by atoms with Crippen LogP contribution in [0.2, 0.25) is 0 Å². The maximum Gasteiger partial charge on any atom is 0.366 e. The third-order valence-corrected chi connectivity index (χ3v) is 1.55. The third kappa shape index (κ3) is 2.84. The molecular formula is C10H9NO4. The van der Waals surface area contributed by atoms with Gasteiger partial charge in [0.05, 0.1) is 0 Å². The van der Waals surface area contributed by atoms with E-state index in [1.807, 2.05) is 5.48 Å². The molecule has 0 spiro atoms. The van der Waals surface area contributed by atoms with Crippen LogP contribution in [0.4, 0.5) is 0 Å². The second kappa shape index (κ2) is 4.80. The van der Waals surface area contributed by atoms with Crippen LogP contribution in [-0.4, -0.2) is 17.0 Å². The molecule has 0 aliphatic carbocycles. The van der Waals surface area contributed by atoms with Crippen LogP contribution in [0.15, 0.2) is 36.9 Å². The number of carbonyl (C=O) groups excluding carboxylic acids is 2. The van der Waals surface area contributed by atoms with Gasteiger partial charge in [0.1, 0.15) is 11.3 Å². The van der Waals surface area contributed by atoms with Crippen LogP contribution < -0.4 is 5.48 Å². The Morgan fingerprint density at radius 1 is 1.40 bits per heavy atom. The second-order valence-electron chi connectivity index (χ2n) is 2.58. The largest absolute Gasteiger partial charge is 0.507 e. The first kappa shape index (κ1) is 10.8. The molecule has 0 bridgehead atoms. The first-order valence-corrected chi connectivity index (χ1v) is 4.06. The molecule has 5 heteroatoms. The Kier molecular flexibility index (Phi) is 3.45. The van der Waals surface area contributed by atoms with Gasteiger partial charge in [0.25, 0.3) is 5.91 Å². The molecule has 5 nitrogen and oxygen atoms in total. The molecule has 0 heterocycles. The first-order valence-electron chi connectivity index (χ1n) is 4.06. The van der Waals surface area contributed by atoms with Gasteiger partial charge in [-0.3, -0.25) is 4.79 Å². The maximum atomic E-state index is 11.3. The van der Waals surface area contributed by atoms with Crippen molar-refractivity contribution in [2.75, 3.05) is 0 Å². The lowest BCUT2D eigenvalue weighted by Crippen LogP contribution is -2.25. The first-order chi connectivity index (χ1) is 7.15. The number of para-hydroxylation sites is 1. The highest BCUT2D eigenvalue weighted by Gasteiger charge is 2.12. The molecule has 0 aliphatic heterocycles. The zero-order valence-corrected chi connectivity index (χ0v) is 7.77. The number of aromatic hydroxyl groups is 1. The molecule has 1 aromatic rings. The molecule has 2 N–H and O–H groups in total.